The number of aliphatic imine (C=N–C) groups is 1. The van der Waals surface area contributed by atoms with E-state index in [9.17, 15) is 0 Å². The van der Waals surface area contributed by atoms with Gasteiger partial charge in [-0.25, -0.2) is 9.97 Å². The molecule has 2 aromatic heterocycles. The molecule has 0 amide bonds. The van der Waals surface area contributed by atoms with Gasteiger partial charge in [0.2, 0.25) is 5.89 Å². The van der Waals surface area contributed by atoms with Gasteiger partial charge in [-0.1, -0.05) is 0 Å². The summed E-state index contributed by atoms with van der Waals surface area (Å²) in [6.07, 6.45) is 1.81. The molecule has 2 rings (SSSR count). The van der Waals surface area contributed by atoms with Gasteiger partial charge in [0.25, 0.3) is 0 Å². The van der Waals surface area contributed by atoms with Crippen LogP contribution in [0.25, 0.3) is 0 Å². The van der Waals surface area contributed by atoms with Crippen molar-refractivity contribution in [3.8, 4) is 0 Å². The van der Waals surface area contributed by atoms with Crippen molar-refractivity contribution in [3.63, 3.8) is 0 Å². The molecule has 2 N–H and O–H groups in total. The van der Waals surface area contributed by atoms with E-state index in [-0.39, 0.29) is 24.0 Å². The van der Waals surface area contributed by atoms with Crippen molar-refractivity contribution >= 4 is 35.8 Å². The zero-order chi connectivity index (χ0) is 16.8. The molecule has 0 atom stereocenters. The van der Waals surface area contributed by atoms with E-state index < -0.39 is 0 Å². The zero-order valence-corrected chi connectivity index (χ0v) is 17.1. The van der Waals surface area contributed by atoms with Gasteiger partial charge in [-0.2, -0.15) is 0 Å². The van der Waals surface area contributed by atoms with Gasteiger partial charge in [0.1, 0.15) is 11.6 Å². The molecule has 8 heteroatoms. The van der Waals surface area contributed by atoms with Gasteiger partial charge in [0.15, 0.2) is 5.96 Å². The fourth-order valence-electron chi connectivity index (χ4n) is 2.00. The molecule has 0 spiro atoms. The van der Waals surface area contributed by atoms with Crippen LogP contribution in [0.1, 0.15) is 22.9 Å². The zero-order valence-electron chi connectivity index (χ0n) is 14.8. The molecular formula is C16H25IN6O. The Labute approximate surface area is 160 Å². The molecule has 132 valence electrons. The van der Waals surface area contributed by atoms with Crippen molar-refractivity contribution in [1.82, 2.24) is 20.6 Å². The Morgan fingerprint density at radius 1 is 1.25 bits per heavy atom. The smallest absolute Gasteiger partial charge is 0.214 e. The van der Waals surface area contributed by atoms with Gasteiger partial charge in [-0.3, -0.25) is 4.99 Å². The molecule has 0 bridgehead atoms. The van der Waals surface area contributed by atoms with E-state index in [1.807, 2.05) is 45.0 Å². The third-order valence-corrected chi connectivity index (χ3v) is 3.43. The number of anilines is 1. The van der Waals surface area contributed by atoms with E-state index in [0.717, 1.165) is 22.8 Å². The number of aryl methyl sites for hydroxylation is 2. The van der Waals surface area contributed by atoms with Gasteiger partial charge >= 0.3 is 0 Å². The summed E-state index contributed by atoms with van der Waals surface area (Å²) in [5.41, 5.74) is 2.05. The SMILES string of the molecule is CN=C(NCc1ccnc(N(C)C)c1)NCc1nc(C)c(C)o1.I. The average Bonchev–Trinajstić information content (AvgIpc) is 2.86. The first-order valence-electron chi connectivity index (χ1n) is 7.49. The molecule has 7 nitrogen and oxygen atoms in total. The minimum atomic E-state index is 0. The van der Waals surface area contributed by atoms with Crippen molar-refractivity contribution in [3.05, 3.63) is 41.2 Å². The fraction of sp³-hybridized carbons (Fsp3) is 0.438. The second-order valence-corrected chi connectivity index (χ2v) is 5.45. The van der Waals surface area contributed by atoms with Crippen LogP contribution in [0.5, 0.6) is 0 Å². The molecule has 0 aliphatic carbocycles. The molecule has 0 radical (unpaired) electrons. The molecule has 2 heterocycles. The Hall–Kier alpha value is -1.84. The summed E-state index contributed by atoms with van der Waals surface area (Å²) in [5, 5.41) is 6.46. The summed E-state index contributed by atoms with van der Waals surface area (Å²) in [5.74, 6) is 3.12. The van der Waals surface area contributed by atoms with Crippen LogP contribution < -0.4 is 15.5 Å². The minimum Gasteiger partial charge on any atom is -0.444 e. The highest BCUT2D eigenvalue weighted by Gasteiger charge is 2.06. The predicted molar refractivity (Wildman–Crippen MR) is 107 cm³/mol. The van der Waals surface area contributed by atoms with Crippen molar-refractivity contribution < 1.29 is 4.42 Å². The number of aromatic nitrogens is 2. The summed E-state index contributed by atoms with van der Waals surface area (Å²) in [6, 6.07) is 4.02. The van der Waals surface area contributed by atoms with E-state index in [0.29, 0.717) is 24.9 Å². The maximum Gasteiger partial charge on any atom is 0.214 e. The number of hydrogen-bond donors (Lipinski definition) is 2. The summed E-state index contributed by atoms with van der Waals surface area (Å²) in [6.45, 7) is 4.99. The van der Waals surface area contributed by atoms with Crippen LogP contribution in [0.4, 0.5) is 5.82 Å². The lowest BCUT2D eigenvalue weighted by atomic mass is 10.2. The number of hydrogen-bond acceptors (Lipinski definition) is 5. The lowest BCUT2D eigenvalue weighted by Gasteiger charge is -2.14. The molecule has 0 aliphatic rings. The topological polar surface area (TPSA) is 78.6 Å². The van der Waals surface area contributed by atoms with Crippen LogP contribution in [-0.4, -0.2) is 37.1 Å². The van der Waals surface area contributed by atoms with Crippen LogP contribution in [0.15, 0.2) is 27.7 Å². The first-order valence-corrected chi connectivity index (χ1v) is 7.49. The quantitative estimate of drug-likeness (QED) is 0.419. The molecule has 0 unspecified atom stereocenters. The largest absolute Gasteiger partial charge is 0.444 e. The maximum absolute atomic E-state index is 5.54. The lowest BCUT2D eigenvalue weighted by Crippen LogP contribution is -2.36. The first kappa shape index (κ1) is 20.2. The van der Waals surface area contributed by atoms with Gasteiger partial charge in [0, 0.05) is 33.9 Å². The normalized spacial score (nSPS) is 11.0. The second-order valence-electron chi connectivity index (χ2n) is 5.45. The number of pyridine rings is 1. The predicted octanol–water partition coefficient (Wildman–Crippen LogP) is 2.24. The molecule has 2 aromatic rings. The van der Waals surface area contributed by atoms with Gasteiger partial charge < -0.3 is 20.0 Å². The molecule has 0 aromatic carbocycles. The van der Waals surface area contributed by atoms with Crippen molar-refractivity contribution in [2.45, 2.75) is 26.9 Å². The Balaban J connectivity index is 0.00000288. The van der Waals surface area contributed by atoms with E-state index in [1.165, 1.54) is 0 Å². The van der Waals surface area contributed by atoms with E-state index in [4.69, 9.17) is 4.42 Å². The Morgan fingerprint density at radius 3 is 2.54 bits per heavy atom. The third-order valence-electron chi connectivity index (χ3n) is 3.43. The molecule has 0 aliphatic heterocycles. The first-order chi connectivity index (χ1) is 11.0. The van der Waals surface area contributed by atoms with Crippen LogP contribution in [0.3, 0.4) is 0 Å². The van der Waals surface area contributed by atoms with E-state index in [1.54, 1.807) is 13.2 Å². The van der Waals surface area contributed by atoms with Crippen LogP contribution in [0.2, 0.25) is 0 Å². The van der Waals surface area contributed by atoms with Crippen molar-refractivity contribution in [2.75, 3.05) is 26.0 Å². The summed E-state index contributed by atoms with van der Waals surface area (Å²) in [7, 11) is 5.68. The molecule has 0 saturated carbocycles. The summed E-state index contributed by atoms with van der Waals surface area (Å²) < 4.78 is 5.54. The lowest BCUT2D eigenvalue weighted by molar-refractivity contribution is 0.463. The number of halogens is 1. The van der Waals surface area contributed by atoms with Crippen LogP contribution >= 0.6 is 24.0 Å². The monoisotopic (exact) mass is 444 g/mol. The maximum atomic E-state index is 5.54. The molecule has 0 saturated heterocycles. The molecule has 0 fully saturated rings. The number of nitrogens with zero attached hydrogens (tertiary/aromatic N) is 4. The van der Waals surface area contributed by atoms with Gasteiger partial charge in [-0.15, -0.1) is 24.0 Å². The van der Waals surface area contributed by atoms with Crippen LogP contribution in [-0.2, 0) is 13.1 Å². The van der Waals surface area contributed by atoms with Gasteiger partial charge in [0.05, 0.1) is 12.2 Å². The second kappa shape index (κ2) is 9.45. The third kappa shape index (κ3) is 5.66. The standard InChI is InChI=1S/C16H24N6O.HI/c1-11-12(2)23-15(21-11)10-20-16(17-3)19-9-13-6-7-18-14(8-13)22(4)5;/h6-8H,9-10H2,1-5H3,(H2,17,19,20);1H. The molecular weight excluding hydrogens is 419 g/mol. The molecule has 24 heavy (non-hydrogen) atoms. The Kier molecular flexibility index (Phi) is 7.96. The number of rotatable bonds is 5. The Bertz CT molecular complexity index is 663. The summed E-state index contributed by atoms with van der Waals surface area (Å²) >= 11 is 0. The number of guanidine groups is 1. The van der Waals surface area contributed by atoms with Gasteiger partial charge in [-0.05, 0) is 31.5 Å². The summed E-state index contributed by atoms with van der Waals surface area (Å²) in [4.78, 5) is 14.8. The van der Waals surface area contributed by atoms with Crippen LogP contribution in [0, 0.1) is 13.8 Å². The van der Waals surface area contributed by atoms with E-state index in [2.05, 4.69) is 25.6 Å². The number of nitrogens with one attached hydrogen (secondary N) is 2. The van der Waals surface area contributed by atoms with Crippen molar-refractivity contribution in [1.29, 1.82) is 0 Å². The Morgan fingerprint density at radius 2 is 1.96 bits per heavy atom. The highest BCUT2D eigenvalue weighted by atomic mass is 127. The highest BCUT2D eigenvalue weighted by Crippen LogP contribution is 2.09. The van der Waals surface area contributed by atoms with Crippen molar-refractivity contribution in [2.24, 2.45) is 4.99 Å². The fourth-order valence-corrected chi connectivity index (χ4v) is 2.00. The minimum absolute atomic E-state index is 0. The number of oxazole rings is 1. The average molecular weight is 444 g/mol. The van der Waals surface area contributed by atoms with E-state index >= 15 is 0 Å². The highest BCUT2D eigenvalue weighted by molar-refractivity contribution is 14.0.